The lowest BCUT2D eigenvalue weighted by Crippen LogP contribution is -2.37. The smallest absolute Gasteiger partial charge is 0.335 e. The quantitative estimate of drug-likeness (QED) is 0.0551. The Kier molecular flexibility index (Phi) is 21.0. The number of aromatic nitrogens is 6. The fraction of sp³-hybridized carbons (Fsp3) is 0.298. The average molecular weight is 1090 g/mol. The molecule has 6 heterocycles. The number of rotatable bonds is 15. The first-order chi connectivity index (χ1) is 38.3. The summed E-state index contributed by atoms with van der Waals surface area (Å²) in [6, 6.07) is 34.4. The number of benzene rings is 4. The normalized spacial score (nSPS) is 13.1. The predicted molar refractivity (Wildman–Crippen MR) is 313 cm³/mol. The Morgan fingerprint density at radius 2 is 0.925 bits per heavy atom. The van der Waals surface area contributed by atoms with E-state index < -0.39 is 12.0 Å². The van der Waals surface area contributed by atoms with Gasteiger partial charge >= 0.3 is 18.0 Å². The summed E-state index contributed by atoms with van der Waals surface area (Å²) >= 11 is 0. The summed E-state index contributed by atoms with van der Waals surface area (Å²) in [4.78, 5) is 66.2. The van der Waals surface area contributed by atoms with Crippen molar-refractivity contribution in [1.82, 2.24) is 44.3 Å². The number of likely N-dealkylation sites (N-methyl/N-ethyl adjacent to an activating group) is 2. The van der Waals surface area contributed by atoms with E-state index in [1.165, 1.54) is 24.3 Å². The Hall–Kier alpha value is -9.00. The van der Waals surface area contributed by atoms with E-state index in [4.69, 9.17) is 30.3 Å². The number of nitrogens with zero attached hydrogens (tertiary/aromatic N) is 10. The second kappa shape index (κ2) is 28.6. The van der Waals surface area contributed by atoms with Crippen LogP contribution in [0.3, 0.4) is 0 Å². The van der Waals surface area contributed by atoms with Gasteiger partial charge in [0.25, 0.3) is 5.91 Å². The van der Waals surface area contributed by atoms with Gasteiger partial charge in [-0.3, -0.25) is 4.79 Å². The number of nitrogens with two attached hydrogens (primary N) is 1. The molecular formula is C57H70N16O7. The average Bonchev–Trinajstić information content (AvgIpc) is 4.16. The third kappa shape index (κ3) is 16.3. The topological polar surface area (TPSA) is 266 Å². The Morgan fingerprint density at radius 3 is 1.27 bits per heavy atom. The van der Waals surface area contributed by atoms with Gasteiger partial charge in [-0.2, -0.15) is 0 Å². The van der Waals surface area contributed by atoms with Crippen LogP contribution in [0.25, 0.3) is 33.8 Å². The highest BCUT2D eigenvalue weighted by Gasteiger charge is 2.20. The van der Waals surface area contributed by atoms with Crippen molar-refractivity contribution in [2.45, 2.75) is 7.43 Å². The number of fused-ring (bicyclic) bond motifs is 2. The van der Waals surface area contributed by atoms with Crippen molar-refractivity contribution in [3.63, 3.8) is 0 Å². The minimum atomic E-state index is -1.02. The first-order valence-electron chi connectivity index (χ1n) is 25.7. The number of nitrogens with one attached hydrogen (secondary N) is 5. The Balaban J connectivity index is 0.000000209. The van der Waals surface area contributed by atoms with Gasteiger partial charge in [0.2, 0.25) is 0 Å². The molecule has 2 aliphatic rings. The van der Waals surface area contributed by atoms with Gasteiger partial charge in [0, 0.05) is 104 Å². The molecule has 0 atom stereocenters. The summed E-state index contributed by atoms with van der Waals surface area (Å²) < 4.78 is 14.6. The molecular weight excluding hydrogens is 1020 g/mol. The second-order valence-corrected chi connectivity index (χ2v) is 18.8. The highest BCUT2D eigenvalue weighted by molar-refractivity contribution is 6.01. The van der Waals surface area contributed by atoms with Gasteiger partial charge in [0.05, 0.1) is 32.0 Å². The number of carboxylic acid groups (broad SMARTS) is 1. The van der Waals surface area contributed by atoms with Gasteiger partial charge in [-0.1, -0.05) is 7.43 Å². The summed E-state index contributed by atoms with van der Waals surface area (Å²) in [6.45, 7) is 8.85. The van der Waals surface area contributed by atoms with Gasteiger partial charge in [0.1, 0.15) is 11.0 Å². The second-order valence-electron chi connectivity index (χ2n) is 18.8. The number of hydrogen-bond donors (Lipinski definition) is 7. The molecule has 5 amide bonds. The van der Waals surface area contributed by atoms with Crippen molar-refractivity contribution in [2.24, 2.45) is 5.73 Å². The Labute approximate surface area is 464 Å². The number of aromatic carboxylic acids is 1. The van der Waals surface area contributed by atoms with Crippen molar-refractivity contribution in [2.75, 3.05) is 138 Å². The number of carboxylic acids is 1. The summed E-state index contributed by atoms with van der Waals surface area (Å²) in [5.41, 5.74) is 11.7. The van der Waals surface area contributed by atoms with Gasteiger partial charge in [-0.25, -0.2) is 33.4 Å². The first kappa shape index (κ1) is 58.7. The van der Waals surface area contributed by atoms with E-state index in [0.717, 1.165) is 79.6 Å². The molecule has 4 aromatic carbocycles. The molecule has 10 rings (SSSR count). The third-order valence-electron chi connectivity index (χ3n) is 12.4. The first-order valence-corrected chi connectivity index (χ1v) is 25.7. The largest absolute Gasteiger partial charge is 0.478 e. The molecule has 8 N–H and O–H groups in total. The van der Waals surface area contributed by atoms with E-state index in [-0.39, 0.29) is 24.9 Å². The number of carbonyl (C=O) groups is 4. The molecule has 8 aromatic rings. The fourth-order valence-corrected chi connectivity index (χ4v) is 8.24. The minimum Gasteiger partial charge on any atom is -0.478 e. The molecule has 0 bridgehead atoms. The number of anilines is 6. The van der Waals surface area contributed by atoms with E-state index >= 15 is 0 Å². The van der Waals surface area contributed by atoms with E-state index in [9.17, 15) is 19.2 Å². The highest BCUT2D eigenvalue weighted by Crippen LogP contribution is 2.28. The van der Waals surface area contributed by atoms with E-state index in [1.807, 2.05) is 115 Å². The molecule has 23 nitrogen and oxygen atoms in total. The molecule has 4 aromatic heterocycles. The number of hydrogen-bond acceptors (Lipinski definition) is 15. The zero-order chi connectivity index (χ0) is 55.7. The number of carbonyl (C=O) groups excluding carboxylic acids is 3. The van der Waals surface area contributed by atoms with E-state index in [2.05, 4.69) is 51.5 Å². The molecule has 0 aliphatic carbocycles. The maximum atomic E-state index is 12.5. The maximum absolute atomic E-state index is 12.5. The molecule has 23 heteroatoms. The molecule has 0 unspecified atom stereocenters. The van der Waals surface area contributed by atoms with Crippen LogP contribution in [0.2, 0.25) is 0 Å². The van der Waals surface area contributed by atoms with Crippen molar-refractivity contribution in [3.8, 4) is 22.8 Å². The number of ether oxygens (including phenoxy) is 2. The number of morpholine rings is 2. The predicted octanol–water partition coefficient (Wildman–Crippen LogP) is 6.89. The van der Waals surface area contributed by atoms with Crippen LogP contribution in [-0.2, 0) is 9.47 Å². The zero-order valence-electron chi connectivity index (χ0n) is 44.6. The standard InChI is InChI=1S/C28H32N8O3.C24H22N6O4.C4H12N2.CH4/c1-34(2)15-13-29-27(37)21-7-11-23(12-8-21)31-28(38)30-22-9-5-20(6-10-22)25-32-26(35-16-18-39-19-17-35)24-4-3-14-36(24)33-25;31-23(32)17-5-9-19(10-6-17)26-24(33)25-18-7-3-16(4-8-18)21-27-22(29-12-14-34-15-13-29)20-2-1-11-30(20)28-21;1-6(2)4-3-5;/h3-12,14H,13,15-19H2,1-2H3,(H,29,37)(H2,30,31,38);1-11H,12-15H2,(H,31,32)(H2,25,26,33);3-5H2,1-2H3;1H4. The molecule has 2 aliphatic heterocycles. The van der Waals surface area contributed by atoms with Crippen LogP contribution in [0.15, 0.2) is 134 Å². The molecule has 0 saturated carbocycles. The summed E-state index contributed by atoms with van der Waals surface area (Å²) in [6.07, 6.45) is 3.81. The molecule has 420 valence electrons. The zero-order valence-corrected chi connectivity index (χ0v) is 44.6. The van der Waals surface area contributed by atoms with Crippen molar-refractivity contribution < 1.29 is 33.8 Å². The van der Waals surface area contributed by atoms with Crippen molar-refractivity contribution in [1.29, 1.82) is 0 Å². The van der Waals surface area contributed by atoms with Crippen LogP contribution in [0, 0.1) is 0 Å². The fourth-order valence-electron chi connectivity index (χ4n) is 8.24. The van der Waals surface area contributed by atoms with Crippen LogP contribution in [-0.4, -0.2) is 175 Å². The van der Waals surface area contributed by atoms with Crippen molar-refractivity contribution in [3.05, 3.63) is 145 Å². The Morgan fingerprint density at radius 1 is 0.550 bits per heavy atom. The van der Waals surface area contributed by atoms with Gasteiger partial charge in [-0.05, 0) is 150 Å². The monoisotopic (exact) mass is 1090 g/mol. The summed E-state index contributed by atoms with van der Waals surface area (Å²) in [5.74, 6) is 1.76. The lowest BCUT2D eigenvalue weighted by Gasteiger charge is -2.28. The van der Waals surface area contributed by atoms with Crippen LogP contribution in [0.1, 0.15) is 28.1 Å². The highest BCUT2D eigenvalue weighted by atomic mass is 16.5. The Bertz CT molecular complexity index is 3280. The van der Waals surface area contributed by atoms with Crippen LogP contribution in [0.4, 0.5) is 44.0 Å². The van der Waals surface area contributed by atoms with Crippen LogP contribution in [0.5, 0.6) is 0 Å². The van der Waals surface area contributed by atoms with E-state index in [0.29, 0.717) is 72.9 Å². The minimum absolute atomic E-state index is 0. The van der Waals surface area contributed by atoms with Gasteiger partial charge in [-0.15, -0.1) is 10.2 Å². The molecule has 0 spiro atoms. The van der Waals surface area contributed by atoms with Crippen LogP contribution >= 0.6 is 0 Å². The van der Waals surface area contributed by atoms with E-state index in [1.54, 1.807) is 36.4 Å². The number of amides is 5. The summed E-state index contributed by atoms with van der Waals surface area (Å²) in [5, 5.41) is 32.2. The molecule has 2 fully saturated rings. The lowest BCUT2D eigenvalue weighted by atomic mass is 10.2. The van der Waals surface area contributed by atoms with Gasteiger partial charge in [0.15, 0.2) is 23.3 Å². The molecule has 0 radical (unpaired) electrons. The lowest BCUT2D eigenvalue weighted by molar-refractivity contribution is 0.0696. The van der Waals surface area contributed by atoms with Crippen LogP contribution < -0.4 is 42.1 Å². The van der Waals surface area contributed by atoms with Crippen molar-refractivity contribution >= 4 is 69.4 Å². The maximum Gasteiger partial charge on any atom is 0.335 e. The molecule has 2 saturated heterocycles. The summed E-state index contributed by atoms with van der Waals surface area (Å²) in [7, 11) is 7.92. The third-order valence-corrected chi connectivity index (χ3v) is 12.4. The number of urea groups is 2. The SMILES string of the molecule is C.CN(C)CCN.CN(C)CCNC(=O)c1ccc(NC(=O)Nc2ccc(-c3nc(N4CCOCC4)c4cccn4n3)cc2)cc1.O=C(Nc1ccc(C(=O)O)cc1)Nc1ccc(-c2nc(N3CCOCC3)c3cccn3n2)cc1. The molecule has 80 heavy (non-hydrogen) atoms. The van der Waals surface area contributed by atoms with Gasteiger partial charge < -0.3 is 66.5 Å².